The third-order valence-corrected chi connectivity index (χ3v) is 3.28. The molecular weight excluding hydrogens is 348 g/mol. The lowest BCUT2D eigenvalue weighted by Crippen LogP contribution is -2.30. The molecule has 0 aliphatic carbocycles. The third kappa shape index (κ3) is 3.86. The molecule has 2 rings (SSSR count). The Morgan fingerprint density at radius 1 is 1.36 bits per heavy atom. The van der Waals surface area contributed by atoms with Crippen LogP contribution < -0.4 is 16.4 Å². The minimum absolute atomic E-state index is 0.0811. The Morgan fingerprint density at radius 3 is 2.50 bits per heavy atom. The molecule has 2 aliphatic rings. The average molecular weight is 365 g/mol. The molecule has 116 valence electrons. The van der Waals surface area contributed by atoms with E-state index < -0.39 is 0 Å². The first-order valence-electron chi connectivity index (χ1n) is 6.45. The van der Waals surface area contributed by atoms with Crippen LogP contribution in [0.25, 0.3) is 0 Å². The van der Waals surface area contributed by atoms with Crippen LogP contribution in [-0.4, -0.2) is 24.3 Å². The van der Waals surface area contributed by atoms with Gasteiger partial charge in [0.1, 0.15) is 5.70 Å². The fourth-order valence-electron chi connectivity index (χ4n) is 2.14. The van der Waals surface area contributed by atoms with E-state index in [-0.39, 0.29) is 23.5 Å². The molecule has 6 nitrogen and oxygen atoms in total. The van der Waals surface area contributed by atoms with Crippen LogP contribution in [0.1, 0.15) is 20.3 Å². The summed E-state index contributed by atoms with van der Waals surface area (Å²) in [5, 5.41) is 5.25. The second-order valence-electron chi connectivity index (χ2n) is 4.55. The van der Waals surface area contributed by atoms with Gasteiger partial charge < -0.3 is 11.1 Å². The molecule has 0 aromatic rings. The quantitative estimate of drug-likeness (QED) is 0.479. The predicted molar refractivity (Wildman–Crippen MR) is 89.7 cm³/mol. The summed E-state index contributed by atoms with van der Waals surface area (Å²) in [6.07, 6.45) is 10.3. The van der Waals surface area contributed by atoms with E-state index >= 15 is 0 Å². The molecule has 2 amide bonds. The Hall–Kier alpha value is -2.33. The van der Waals surface area contributed by atoms with Crippen molar-refractivity contribution in [3.63, 3.8) is 0 Å². The van der Waals surface area contributed by atoms with E-state index in [1.807, 2.05) is 13.0 Å². The number of rotatable bonds is 1. The lowest BCUT2D eigenvalue weighted by atomic mass is 9.96. The number of nitrogens with zero attached hydrogens (tertiary/aromatic N) is 1. The number of hydrogen-bond donors (Lipinski definition) is 3. The van der Waals surface area contributed by atoms with Crippen LogP contribution in [0.4, 0.5) is 0 Å². The second kappa shape index (κ2) is 7.61. The molecule has 0 radical (unpaired) electrons. The van der Waals surface area contributed by atoms with Gasteiger partial charge in [0.25, 0.3) is 5.91 Å². The van der Waals surface area contributed by atoms with Gasteiger partial charge in [0.15, 0.2) is 0 Å². The van der Waals surface area contributed by atoms with Crippen molar-refractivity contribution in [3.8, 4) is 12.8 Å². The van der Waals surface area contributed by atoms with E-state index in [1.165, 1.54) is 0 Å². The zero-order valence-corrected chi connectivity index (χ0v) is 14.0. The Kier molecular flexibility index (Phi) is 6.13. The normalized spacial score (nSPS) is 22.2. The molecule has 2 heterocycles. The number of nitrogens with one attached hydrogen (secondary N) is 2. The van der Waals surface area contributed by atoms with Gasteiger partial charge in [0.2, 0.25) is 11.9 Å². The molecular formula is C15H17BrN4O2. The molecule has 0 fully saturated rings. The number of carbonyl (C=O) groups is 2. The van der Waals surface area contributed by atoms with Crippen molar-refractivity contribution < 1.29 is 9.59 Å². The zero-order chi connectivity index (χ0) is 16.9. The van der Waals surface area contributed by atoms with E-state index in [0.29, 0.717) is 24.1 Å². The Labute approximate surface area is 137 Å². The zero-order valence-electron chi connectivity index (χ0n) is 12.4. The van der Waals surface area contributed by atoms with Crippen molar-refractivity contribution in [3.05, 3.63) is 33.0 Å². The maximum absolute atomic E-state index is 11.9. The first-order chi connectivity index (χ1) is 10.4. The molecule has 2 aliphatic heterocycles. The van der Waals surface area contributed by atoms with Crippen molar-refractivity contribution >= 4 is 33.7 Å². The Bertz CT molecular complexity index is 650. The molecule has 0 saturated heterocycles. The molecule has 0 saturated carbocycles. The highest BCUT2D eigenvalue weighted by atomic mass is 79.9. The van der Waals surface area contributed by atoms with E-state index in [9.17, 15) is 9.59 Å². The number of aliphatic imine (C=N–C) groups is 1. The van der Waals surface area contributed by atoms with Gasteiger partial charge in [-0.1, -0.05) is 15.9 Å². The summed E-state index contributed by atoms with van der Waals surface area (Å²) in [7, 11) is 0. The van der Waals surface area contributed by atoms with E-state index in [1.54, 1.807) is 6.92 Å². The molecule has 0 aromatic heterocycles. The van der Waals surface area contributed by atoms with Gasteiger partial charge in [-0.2, -0.15) is 0 Å². The minimum atomic E-state index is -0.335. The highest BCUT2D eigenvalue weighted by Crippen LogP contribution is 2.29. The first-order valence-corrected chi connectivity index (χ1v) is 7.24. The number of hydrogen-bond acceptors (Lipinski definition) is 4. The fraction of sp³-hybridized carbons (Fsp3) is 0.267. The Morgan fingerprint density at radius 2 is 2.00 bits per heavy atom. The van der Waals surface area contributed by atoms with Gasteiger partial charge in [0, 0.05) is 12.1 Å². The van der Waals surface area contributed by atoms with Crippen LogP contribution in [0.3, 0.4) is 0 Å². The van der Waals surface area contributed by atoms with Gasteiger partial charge >= 0.3 is 0 Å². The van der Waals surface area contributed by atoms with Crippen LogP contribution in [0.2, 0.25) is 0 Å². The number of nitrogens with two attached hydrogens (primary N) is 1. The van der Waals surface area contributed by atoms with Crippen LogP contribution in [-0.2, 0) is 9.59 Å². The first kappa shape index (κ1) is 17.7. The lowest BCUT2D eigenvalue weighted by Gasteiger charge is -2.09. The summed E-state index contributed by atoms with van der Waals surface area (Å²) >= 11 is 3.36. The largest absolute Gasteiger partial charge is 0.369 e. The van der Waals surface area contributed by atoms with Crippen LogP contribution >= 0.6 is 15.9 Å². The molecule has 4 N–H and O–H groups in total. The summed E-state index contributed by atoms with van der Waals surface area (Å²) < 4.78 is 0.856. The highest BCUT2D eigenvalue weighted by molar-refractivity contribution is 9.11. The number of allylic oxidation sites excluding steroid dienone is 3. The van der Waals surface area contributed by atoms with Gasteiger partial charge in [-0.05, 0) is 42.0 Å². The van der Waals surface area contributed by atoms with Crippen LogP contribution in [0.5, 0.6) is 0 Å². The van der Waals surface area contributed by atoms with Crippen molar-refractivity contribution in [1.29, 1.82) is 0 Å². The van der Waals surface area contributed by atoms with E-state index in [2.05, 4.69) is 44.4 Å². The third-order valence-electron chi connectivity index (χ3n) is 3.05. The molecule has 7 heteroatoms. The maximum atomic E-state index is 11.9. The average Bonchev–Trinajstić information content (AvgIpc) is 2.74. The highest BCUT2D eigenvalue weighted by Gasteiger charge is 2.27. The SMILES string of the molecule is C#C.CC1=C(/C=C(\C)Br)/C(=C2\N=C(N)NC2=O)CCNC1=O. The van der Waals surface area contributed by atoms with E-state index in [0.717, 1.165) is 10.1 Å². The number of carbonyl (C=O) groups excluding carboxylic acids is 2. The van der Waals surface area contributed by atoms with Crippen molar-refractivity contribution in [2.45, 2.75) is 20.3 Å². The molecule has 0 unspecified atom stereocenters. The Balaban J connectivity index is 0.00000116. The van der Waals surface area contributed by atoms with Crippen LogP contribution in [0, 0.1) is 12.8 Å². The fourth-order valence-corrected chi connectivity index (χ4v) is 2.37. The number of amides is 2. The number of terminal acetylenes is 1. The molecule has 0 spiro atoms. The standard InChI is InChI=1S/C13H15BrN4O2.C2H2/c1-6(14)5-9-7(2)11(19)16-4-3-8(9)10-12(20)18-13(15)17-10;1-2/h5H,3-4H2,1-2H3,(H,16,19)(H3,15,17,18,20);1-2H/b6-5+,10-8-;. The van der Waals surface area contributed by atoms with Gasteiger partial charge in [-0.3, -0.25) is 14.9 Å². The molecule has 0 atom stereocenters. The lowest BCUT2D eigenvalue weighted by molar-refractivity contribution is -0.117. The van der Waals surface area contributed by atoms with Crippen molar-refractivity contribution in [2.75, 3.05) is 6.54 Å². The van der Waals surface area contributed by atoms with Crippen LogP contribution in [0.15, 0.2) is 38.0 Å². The van der Waals surface area contributed by atoms with Gasteiger partial charge in [-0.15, -0.1) is 12.8 Å². The number of guanidine groups is 1. The van der Waals surface area contributed by atoms with Gasteiger partial charge in [-0.25, -0.2) is 4.99 Å². The second-order valence-corrected chi connectivity index (χ2v) is 5.80. The van der Waals surface area contributed by atoms with Crippen molar-refractivity contribution in [2.24, 2.45) is 10.7 Å². The maximum Gasteiger partial charge on any atom is 0.277 e. The summed E-state index contributed by atoms with van der Waals surface area (Å²) in [6, 6.07) is 0. The summed E-state index contributed by atoms with van der Waals surface area (Å²) in [4.78, 5) is 27.9. The van der Waals surface area contributed by atoms with E-state index in [4.69, 9.17) is 5.73 Å². The predicted octanol–water partition coefficient (Wildman–Crippen LogP) is 1.07. The summed E-state index contributed by atoms with van der Waals surface area (Å²) in [5.41, 5.74) is 7.79. The summed E-state index contributed by atoms with van der Waals surface area (Å²) in [6.45, 7) is 4.04. The smallest absolute Gasteiger partial charge is 0.277 e. The molecule has 0 aromatic carbocycles. The topological polar surface area (TPSA) is 96.6 Å². The monoisotopic (exact) mass is 364 g/mol. The minimum Gasteiger partial charge on any atom is -0.369 e. The van der Waals surface area contributed by atoms with Gasteiger partial charge in [0.05, 0.1) is 0 Å². The number of halogens is 1. The van der Waals surface area contributed by atoms with Crippen molar-refractivity contribution in [1.82, 2.24) is 10.6 Å². The molecule has 22 heavy (non-hydrogen) atoms. The summed E-state index contributed by atoms with van der Waals surface area (Å²) in [5.74, 6) is -0.397. The molecule has 0 bridgehead atoms.